The van der Waals surface area contributed by atoms with E-state index in [1.807, 2.05) is 6.92 Å². The number of phenolic OH excluding ortho intramolecular Hbond substituents is 1. The van der Waals surface area contributed by atoms with Gasteiger partial charge in [0.2, 0.25) is 0 Å². The van der Waals surface area contributed by atoms with Gasteiger partial charge in [0.1, 0.15) is 17.0 Å². The lowest BCUT2D eigenvalue weighted by atomic mass is 10.1. The molecule has 0 saturated carbocycles. The van der Waals surface area contributed by atoms with Crippen molar-refractivity contribution in [1.82, 2.24) is 4.98 Å². The molecule has 102 valence electrons. The molecule has 0 unspecified atom stereocenters. The normalized spacial score (nSPS) is 11.2. The maximum Gasteiger partial charge on any atom is 0.182 e. The number of fused-ring (bicyclic) bond motifs is 2. The maximum atomic E-state index is 11.7. The highest BCUT2D eigenvalue weighted by Gasteiger charge is 2.15. The van der Waals surface area contributed by atoms with E-state index in [9.17, 15) is 9.90 Å². The molecule has 0 aromatic heterocycles. The largest absolute Gasteiger partial charge is 0.508 e. The first-order valence-electron chi connectivity index (χ1n) is 6.31. The molecule has 1 aromatic rings. The van der Waals surface area contributed by atoms with Crippen molar-refractivity contribution in [2.45, 2.75) is 13.5 Å². The summed E-state index contributed by atoms with van der Waals surface area (Å²) >= 11 is 0. The number of aromatic nitrogens is 1. The van der Waals surface area contributed by atoms with Gasteiger partial charge in [-0.05, 0) is 25.1 Å². The molecule has 0 fully saturated rings. The lowest BCUT2D eigenvalue weighted by Crippen LogP contribution is -2.07. The van der Waals surface area contributed by atoms with Crippen LogP contribution in [0.4, 0.5) is 0 Å². The summed E-state index contributed by atoms with van der Waals surface area (Å²) in [5, 5.41) is 9.46. The van der Waals surface area contributed by atoms with Crippen molar-refractivity contribution >= 4 is 11.1 Å². The van der Waals surface area contributed by atoms with Crippen molar-refractivity contribution in [2.75, 3.05) is 6.61 Å². The van der Waals surface area contributed by atoms with E-state index in [4.69, 9.17) is 9.15 Å². The molecule has 0 radical (unpaired) electrons. The van der Waals surface area contributed by atoms with Crippen LogP contribution in [0.15, 0.2) is 39.5 Å². The molecule has 0 spiro atoms. The summed E-state index contributed by atoms with van der Waals surface area (Å²) in [6, 6.07) is 7.58. The van der Waals surface area contributed by atoms with Crippen LogP contribution in [0, 0.1) is 0 Å². The average Bonchev–Trinajstić information content (AvgIpc) is 2.42. The van der Waals surface area contributed by atoms with Gasteiger partial charge >= 0.3 is 0 Å². The Kier molecular flexibility index (Phi) is 3.12. The lowest BCUT2D eigenvalue weighted by Gasteiger charge is -2.11. The Hall–Kier alpha value is -2.40. The van der Waals surface area contributed by atoms with Crippen molar-refractivity contribution in [1.29, 1.82) is 0 Å². The molecule has 1 aliphatic carbocycles. The summed E-state index contributed by atoms with van der Waals surface area (Å²) in [5.74, 6) is 0.487. The van der Waals surface area contributed by atoms with Crippen LogP contribution in [-0.2, 0) is 11.3 Å². The summed E-state index contributed by atoms with van der Waals surface area (Å²) in [6.07, 6.45) is 0. The van der Waals surface area contributed by atoms with E-state index < -0.39 is 0 Å². The third kappa shape index (κ3) is 2.23. The predicted molar refractivity (Wildman–Crippen MR) is 73.9 cm³/mol. The maximum absolute atomic E-state index is 11.7. The van der Waals surface area contributed by atoms with Gasteiger partial charge in [-0.1, -0.05) is 0 Å². The Bertz CT molecular complexity index is 794. The van der Waals surface area contributed by atoms with E-state index in [2.05, 4.69) is 4.98 Å². The number of ether oxygens (including phenoxy) is 1. The molecule has 3 rings (SSSR count). The van der Waals surface area contributed by atoms with Crippen molar-refractivity contribution in [3.63, 3.8) is 0 Å². The van der Waals surface area contributed by atoms with E-state index in [-0.39, 0.29) is 11.2 Å². The Balaban J connectivity index is 2.26. The van der Waals surface area contributed by atoms with E-state index >= 15 is 0 Å². The first-order valence-corrected chi connectivity index (χ1v) is 6.31. The Labute approximate surface area is 114 Å². The molecule has 1 N–H and O–H groups in total. The molecular formula is C15H13NO4. The van der Waals surface area contributed by atoms with Crippen molar-refractivity contribution in [3.8, 4) is 17.2 Å². The second-order valence-electron chi connectivity index (χ2n) is 4.43. The summed E-state index contributed by atoms with van der Waals surface area (Å²) in [7, 11) is 0. The molecule has 5 nitrogen and oxygen atoms in total. The topological polar surface area (TPSA) is 72.6 Å². The van der Waals surface area contributed by atoms with E-state index in [1.165, 1.54) is 18.2 Å². The number of phenols is 1. The Morgan fingerprint density at radius 3 is 2.95 bits per heavy atom. The monoisotopic (exact) mass is 271 g/mol. The average molecular weight is 271 g/mol. The minimum atomic E-state index is -0.155. The number of benzene rings is 2. The first kappa shape index (κ1) is 12.6. The SMILES string of the molecule is CCOCc1cc(=O)cc2oc3cc(O)ccc3nc1-2. The molecule has 0 amide bonds. The summed E-state index contributed by atoms with van der Waals surface area (Å²) in [5.41, 5.74) is 2.21. The molecule has 1 aliphatic heterocycles. The third-order valence-corrected chi connectivity index (χ3v) is 2.98. The van der Waals surface area contributed by atoms with Gasteiger partial charge in [-0.25, -0.2) is 4.98 Å². The molecule has 0 atom stereocenters. The van der Waals surface area contributed by atoms with Gasteiger partial charge in [-0.2, -0.15) is 0 Å². The quantitative estimate of drug-likeness (QED) is 0.741. The van der Waals surface area contributed by atoms with Crippen LogP contribution >= 0.6 is 0 Å². The third-order valence-electron chi connectivity index (χ3n) is 2.98. The van der Waals surface area contributed by atoms with Crippen LogP contribution < -0.4 is 5.43 Å². The van der Waals surface area contributed by atoms with Gasteiger partial charge in [-0.3, -0.25) is 4.79 Å². The molecule has 0 saturated heterocycles. The van der Waals surface area contributed by atoms with Gasteiger partial charge in [0.15, 0.2) is 16.8 Å². The molecule has 0 bridgehead atoms. The first-order chi connectivity index (χ1) is 9.67. The smallest absolute Gasteiger partial charge is 0.182 e. The molecule has 5 heteroatoms. The summed E-state index contributed by atoms with van der Waals surface area (Å²) in [4.78, 5) is 16.2. The van der Waals surface area contributed by atoms with Crippen LogP contribution in [0.5, 0.6) is 5.75 Å². The van der Waals surface area contributed by atoms with Gasteiger partial charge in [-0.15, -0.1) is 0 Å². The van der Waals surface area contributed by atoms with Crippen LogP contribution in [0.3, 0.4) is 0 Å². The standard InChI is InChI=1S/C15H13NO4/c1-2-19-8-9-5-11(18)7-14-15(9)16-12-4-3-10(17)6-13(12)20-14/h3-7,17H,2,8H2,1H3. The zero-order chi connectivity index (χ0) is 14.1. The fourth-order valence-electron chi connectivity index (χ4n) is 2.08. The second kappa shape index (κ2) is 4.94. The second-order valence-corrected chi connectivity index (χ2v) is 4.43. The van der Waals surface area contributed by atoms with Gasteiger partial charge < -0.3 is 14.3 Å². The lowest BCUT2D eigenvalue weighted by molar-refractivity contribution is 0.134. The van der Waals surface area contributed by atoms with Gasteiger partial charge in [0, 0.05) is 24.3 Å². The molecule has 1 aromatic carbocycles. The van der Waals surface area contributed by atoms with Crippen LogP contribution in [0.25, 0.3) is 22.6 Å². The number of aromatic hydroxyl groups is 1. The van der Waals surface area contributed by atoms with Crippen molar-refractivity contribution < 1.29 is 14.3 Å². The fourth-order valence-corrected chi connectivity index (χ4v) is 2.08. The highest BCUT2D eigenvalue weighted by molar-refractivity contribution is 5.78. The van der Waals surface area contributed by atoms with Gasteiger partial charge in [0.25, 0.3) is 0 Å². The highest BCUT2D eigenvalue weighted by atomic mass is 16.5. The van der Waals surface area contributed by atoms with Crippen LogP contribution in [0.1, 0.15) is 12.5 Å². The molecule has 2 aliphatic rings. The molecule has 1 heterocycles. The minimum absolute atomic E-state index is 0.0928. The predicted octanol–water partition coefficient (Wildman–Crippen LogP) is 2.53. The van der Waals surface area contributed by atoms with Crippen molar-refractivity contribution in [3.05, 3.63) is 46.1 Å². The van der Waals surface area contributed by atoms with E-state index in [1.54, 1.807) is 12.1 Å². The number of rotatable bonds is 3. The zero-order valence-electron chi connectivity index (χ0n) is 10.9. The number of hydrogen-bond acceptors (Lipinski definition) is 5. The van der Waals surface area contributed by atoms with Gasteiger partial charge in [0.05, 0.1) is 6.61 Å². The van der Waals surface area contributed by atoms with E-state index in [0.29, 0.717) is 41.3 Å². The zero-order valence-corrected chi connectivity index (χ0v) is 10.9. The Morgan fingerprint density at radius 2 is 2.15 bits per heavy atom. The number of hydrogen-bond donors (Lipinski definition) is 1. The van der Waals surface area contributed by atoms with Crippen LogP contribution in [0.2, 0.25) is 0 Å². The molecular weight excluding hydrogens is 258 g/mol. The van der Waals surface area contributed by atoms with Crippen LogP contribution in [-0.4, -0.2) is 16.7 Å². The fraction of sp³-hybridized carbons (Fsp3) is 0.200. The highest BCUT2D eigenvalue weighted by Crippen LogP contribution is 2.28. The number of nitrogens with zero attached hydrogens (tertiary/aromatic N) is 1. The Morgan fingerprint density at radius 1 is 1.30 bits per heavy atom. The minimum Gasteiger partial charge on any atom is -0.508 e. The molecule has 20 heavy (non-hydrogen) atoms. The van der Waals surface area contributed by atoms with E-state index in [0.717, 1.165) is 0 Å². The summed E-state index contributed by atoms with van der Waals surface area (Å²) < 4.78 is 11.0. The van der Waals surface area contributed by atoms with Crippen molar-refractivity contribution in [2.24, 2.45) is 0 Å². The summed E-state index contributed by atoms with van der Waals surface area (Å²) in [6.45, 7) is 2.76.